The molecule has 1 unspecified atom stereocenters. The largest absolute Gasteiger partial charge is 0.449 e. The van der Waals surface area contributed by atoms with E-state index in [-0.39, 0.29) is 181 Å². The number of amides is 6. The van der Waals surface area contributed by atoms with Crippen molar-refractivity contribution in [3.8, 4) is 11.8 Å². The average molecular weight is 1920 g/mol. The second-order valence-corrected chi connectivity index (χ2v) is 40.8. The third-order valence-corrected chi connectivity index (χ3v) is 29.7. The first-order chi connectivity index (χ1) is 65.9. The topological polar surface area (TPSA) is 416 Å². The molecule has 750 valence electrons. The van der Waals surface area contributed by atoms with Crippen molar-refractivity contribution >= 4 is 85.9 Å². The van der Waals surface area contributed by atoms with Gasteiger partial charge in [0.05, 0.1) is 152 Å². The van der Waals surface area contributed by atoms with Gasteiger partial charge in [0, 0.05) is 105 Å². The number of hydrogen-bond acceptors (Lipinski definition) is 24. The van der Waals surface area contributed by atoms with Crippen molar-refractivity contribution in [1.29, 1.82) is 0 Å². The SMILES string of the molecule is CC(C)[C@H](NC(=O)[C@@H](CCCCNC(=O)OCC1CCCCCc2c1nnn2CCOCCOCCOCCOCCC(=O)CCCS(=O)(=O)O)CC(=O)CCOCCOCCOCCOCCCC(=O)CCC(=O)N1Cc2ccccc2C#Cc2ccccc21)C(=O)C[C@@H](C)C(=O)Nc1ccc2c(c1)[C@@]1(C)CCC[C@](C)(C(=O)NC(=O)[C@@]3(C)CCC[C@]4(C)c5cc(N)ccc5CC[C@@H]34)[C@@H]1CC2. The van der Waals surface area contributed by atoms with Gasteiger partial charge in [-0.2, -0.15) is 8.42 Å². The predicted molar refractivity (Wildman–Crippen MR) is 518 cm³/mol. The summed E-state index contributed by atoms with van der Waals surface area (Å²) in [6.07, 6.45) is 13.8. The number of nitrogen functional groups attached to an aromatic ring is 1. The number of ether oxygens (including phenoxy) is 9. The first-order valence-corrected chi connectivity index (χ1v) is 51.4. The third-order valence-electron chi connectivity index (χ3n) is 28.9. The van der Waals surface area contributed by atoms with Gasteiger partial charge in [0.15, 0.2) is 5.78 Å². The summed E-state index contributed by atoms with van der Waals surface area (Å²) in [7, 11) is -4.09. The van der Waals surface area contributed by atoms with Crippen molar-refractivity contribution in [2.24, 2.45) is 40.4 Å². The number of carbonyl (C=O) groups excluding carboxylic acids is 10. The number of carbonyl (C=O) groups is 10. The number of aromatic nitrogens is 3. The maximum Gasteiger partial charge on any atom is 0.407 e. The minimum absolute atomic E-state index is 0.0103. The van der Waals surface area contributed by atoms with E-state index in [9.17, 15) is 51.6 Å². The summed E-state index contributed by atoms with van der Waals surface area (Å²) in [4.78, 5) is 141. The molecule has 2 saturated carbocycles. The van der Waals surface area contributed by atoms with Gasteiger partial charge in [-0.1, -0.05) is 140 Å². The van der Waals surface area contributed by atoms with Crippen LogP contribution in [0.2, 0.25) is 0 Å². The number of fused-ring (bicyclic) bond motifs is 9. The summed E-state index contributed by atoms with van der Waals surface area (Å²) in [5, 5.41) is 21.1. The first kappa shape index (κ1) is 108. The maximum atomic E-state index is 15.0. The third kappa shape index (κ3) is 31.2. The van der Waals surface area contributed by atoms with Crippen LogP contribution in [0, 0.1) is 52.3 Å². The van der Waals surface area contributed by atoms with Crippen LogP contribution in [0.1, 0.15) is 265 Å². The number of nitrogens with one attached hydrogen (secondary N) is 4. The van der Waals surface area contributed by atoms with Crippen LogP contribution in [0.5, 0.6) is 0 Å². The summed E-state index contributed by atoms with van der Waals surface area (Å²) in [5.41, 5.74) is 15.1. The Labute approximate surface area is 808 Å². The number of anilines is 3. The number of nitrogens with zero attached hydrogens (tertiary/aromatic N) is 4. The van der Waals surface area contributed by atoms with Crippen molar-refractivity contribution in [1.82, 2.24) is 30.9 Å². The Morgan fingerprint density at radius 1 is 0.547 bits per heavy atom. The molecule has 1 aliphatic heterocycles. The van der Waals surface area contributed by atoms with Gasteiger partial charge in [-0.05, 0) is 195 Å². The lowest BCUT2D eigenvalue weighted by Gasteiger charge is -2.56. The van der Waals surface area contributed by atoms with E-state index in [0.717, 1.165) is 128 Å². The quantitative estimate of drug-likeness (QED) is 0.00692. The molecule has 6 aliphatic rings. The molecular weight excluding hydrogens is 1770 g/mol. The molecule has 2 fully saturated rings. The highest BCUT2D eigenvalue weighted by Crippen LogP contribution is 2.60. The van der Waals surface area contributed by atoms with E-state index in [0.29, 0.717) is 129 Å². The fourth-order valence-electron chi connectivity index (χ4n) is 21.2. The second-order valence-electron chi connectivity index (χ2n) is 39.2. The zero-order chi connectivity index (χ0) is 98.0. The Bertz CT molecular complexity index is 5090. The fraction of sp³-hybridized carbons (Fsp3) is 0.638. The highest BCUT2D eigenvalue weighted by atomic mass is 32.2. The lowest BCUT2D eigenvalue weighted by molar-refractivity contribution is -0.150. The molecule has 0 spiro atoms. The molecule has 32 heteroatoms. The second kappa shape index (κ2) is 53.2. The van der Waals surface area contributed by atoms with Gasteiger partial charge in [0.1, 0.15) is 24.0 Å². The fourth-order valence-corrected chi connectivity index (χ4v) is 21.7. The zero-order valence-corrected chi connectivity index (χ0v) is 82.4. The van der Waals surface area contributed by atoms with Crippen LogP contribution in [0.3, 0.4) is 0 Å². The van der Waals surface area contributed by atoms with E-state index in [1.807, 2.05) is 98.2 Å². The number of imide groups is 1. The monoisotopic (exact) mass is 1920 g/mol. The van der Waals surface area contributed by atoms with Gasteiger partial charge in [-0.15, -0.1) is 5.10 Å². The Morgan fingerprint density at radius 2 is 1.11 bits per heavy atom. The van der Waals surface area contributed by atoms with Crippen LogP contribution in [-0.2, 0) is 139 Å². The first-order valence-electron chi connectivity index (χ1n) is 49.8. The van der Waals surface area contributed by atoms with Crippen LogP contribution < -0.4 is 31.9 Å². The normalized spacial score (nSPS) is 21.1. The summed E-state index contributed by atoms with van der Waals surface area (Å²) < 4.78 is 83.6. The molecular formula is C105H147N9O22S. The number of aryl methyl sites for hydroxylation is 2. The Kier molecular flexibility index (Phi) is 41.9. The highest BCUT2D eigenvalue weighted by molar-refractivity contribution is 7.85. The molecule has 5 aliphatic carbocycles. The van der Waals surface area contributed by atoms with Gasteiger partial charge in [0.2, 0.25) is 29.5 Å². The number of Topliss-reactive ketones (excluding diaryl/α,β-unsaturated/α-hetero) is 4. The highest BCUT2D eigenvalue weighted by Gasteiger charge is 2.59. The van der Waals surface area contributed by atoms with Crippen LogP contribution in [-0.4, -0.2) is 217 Å². The van der Waals surface area contributed by atoms with Crippen LogP contribution >= 0.6 is 0 Å². The van der Waals surface area contributed by atoms with Crippen LogP contribution in [0.4, 0.5) is 21.9 Å². The number of unbranched alkanes of at least 4 members (excludes halogenated alkanes) is 1. The van der Waals surface area contributed by atoms with Gasteiger partial charge >= 0.3 is 6.09 Å². The molecule has 6 amide bonds. The molecule has 137 heavy (non-hydrogen) atoms. The molecule has 10 atom stereocenters. The Hall–Kier alpha value is -9.53. The zero-order valence-electron chi connectivity index (χ0n) is 81.6. The summed E-state index contributed by atoms with van der Waals surface area (Å²) in [6, 6.07) is 26.5. The van der Waals surface area contributed by atoms with Crippen molar-refractivity contribution in [3.05, 3.63) is 135 Å². The Morgan fingerprint density at radius 3 is 1.74 bits per heavy atom. The summed E-state index contributed by atoms with van der Waals surface area (Å²) in [6.45, 7) is 19.7. The minimum Gasteiger partial charge on any atom is -0.449 e. The van der Waals surface area contributed by atoms with Crippen molar-refractivity contribution in [2.75, 3.05) is 141 Å². The molecule has 4 aromatic carbocycles. The molecule has 0 saturated heterocycles. The lowest BCUT2D eigenvalue weighted by Crippen LogP contribution is -2.60. The number of para-hydroxylation sites is 1. The molecule has 31 nitrogen and oxygen atoms in total. The molecule has 0 radical (unpaired) electrons. The summed E-state index contributed by atoms with van der Waals surface area (Å²) >= 11 is 0. The van der Waals surface area contributed by atoms with Gasteiger partial charge in [-0.25, -0.2) is 9.48 Å². The smallest absolute Gasteiger partial charge is 0.407 e. The number of rotatable bonds is 57. The average Bonchev–Trinajstić information content (AvgIpc) is 1.14. The number of benzene rings is 4. The van der Waals surface area contributed by atoms with Gasteiger partial charge in [0.25, 0.3) is 10.1 Å². The van der Waals surface area contributed by atoms with E-state index in [1.165, 1.54) is 11.1 Å². The van der Waals surface area contributed by atoms with Crippen molar-refractivity contribution < 1.29 is 104 Å². The minimum atomic E-state index is -4.09. The number of ketones is 4. The Balaban J connectivity index is 0.609. The maximum absolute atomic E-state index is 15.0. The molecule has 2 heterocycles. The van der Waals surface area contributed by atoms with E-state index in [4.69, 9.17) is 52.9 Å². The van der Waals surface area contributed by atoms with Gasteiger partial charge < -0.3 is 69.2 Å². The van der Waals surface area contributed by atoms with Crippen LogP contribution in [0.25, 0.3) is 0 Å². The van der Waals surface area contributed by atoms with Crippen molar-refractivity contribution in [2.45, 2.75) is 264 Å². The molecule has 1 aromatic heterocycles. The van der Waals surface area contributed by atoms with Gasteiger partial charge in [-0.3, -0.25) is 53.0 Å². The lowest BCUT2D eigenvalue weighted by atomic mass is 9.49. The molecule has 11 rings (SSSR count). The van der Waals surface area contributed by atoms with Crippen molar-refractivity contribution in [3.63, 3.8) is 0 Å². The number of hydrogen-bond donors (Lipinski definition) is 6. The van der Waals surface area contributed by atoms with E-state index in [2.05, 4.69) is 76.3 Å². The number of alkyl carbamates (subject to hydrolysis) is 1. The summed E-state index contributed by atoms with van der Waals surface area (Å²) in [5.74, 6) is 1.55. The number of nitrogens with two attached hydrogens (primary N) is 1. The van der Waals surface area contributed by atoms with E-state index >= 15 is 4.79 Å². The van der Waals surface area contributed by atoms with E-state index < -0.39 is 67.9 Å². The standard InChI is InChI=1S/C105H147N9O22S/c1-73(2)95(91(118)67-74(3)97(120)108-83-37-33-77-35-40-93-103(5,88(77)70-83)45-20-47-105(93,7)100(123)110-99(122)104(6)46-19-44-102(4)87-69-82(106)36-32-76(87)34-39-92(102)104)109-98(121)79(68-86(117)43-52-130-56-60-134-63-62-132-58-54-128-50-17-26-84(115)38-41-94(119)113-71-80-24-12-11-21-75(80)30-31-78-22-13-14-28-89(78)113)23-15-16-48-107-101(124)136-72-81-25-9-8-10-29-90-96(81)111-112-114(90)49-53-131-57-61-135-65-64-133-59-55-129-51-42-85(116)27-18-66-137(125,126)127/h11-14,21-22,24,28,32-33,36-37,69-70,73-74,79,81,92-93,95H,8-10,15-20,23,25-27,29,34-35,38-68,71-72,106H2,1-7H3,(H,107,124)(H,108,120)(H,109,121)(H,110,122,123)(H,125,126,127)/t74-,79+,81?,92-,93-,95+,102-,103-,104+,105+/m1/s1. The molecule has 7 N–H and O–H groups in total. The predicted octanol–water partition coefficient (Wildman–Crippen LogP) is 13.5. The molecule has 0 bridgehead atoms. The van der Waals surface area contributed by atoms with E-state index in [1.54, 1.807) is 11.8 Å². The molecule has 5 aromatic rings. The van der Waals surface area contributed by atoms with Crippen LogP contribution in [0.15, 0.2) is 84.9 Å².